The van der Waals surface area contributed by atoms with Gasteiger partial charge in [0.25, 0.3) is 5.91 Å². The van der Waals surface area contributed by atoms with Gasteiger partial charge in [0.1, 0.15) is 5.82 Å². The molecule has 4 rings (SSSR count). The fraction of sp³-hybridized carbons (Fsp3) is 0.263. The smallest absolute Gasteiger partial charge is 0.253 e. The Morgan fingerprint density at radius 2 is 2.04 bits per heavy atom. The first-order valence-electron chi connectivity index (χ1n) is 8.53. The highest BCUT2D eigenvalue weighted by Crippen LogP contribution is 2.23. The molecule has 1 aliphatic rings. The zero-order valence-electron chi connectivity index (χ0n) is 14.4. The summed E-state index contributed by atoms with van der Waals surface area (Å²) in [7, 11) is 1.55. The van der Waals surface area contributed by atoms with Crippen LogP contribution in [0.1, 0.15) is 22.6 Å². The van der Waals surface area contributed by atoms with Crippen LogP contribution in [0.4, 0.5) is 0 Å². The minimum absolute atomic E-state index is 0.0237. The molecule has 26 heavy (non-hydrogen) atoms. The van der Waals surface area contributed by atoms with Crippen molar-refractivity contribution in [3.8, 4) is 17.3 Å². The molecule has 1 aliphatic heterocycles. The van der Waals surface area contributed by atoms with E-state index in [1.54, 1.807) is 19.2 Å². The number of amides is 1. The van der Waals surface area contributed by atoms with Crippen molar-refractivity contribution in [3.63, 3.8) is 0 Å². The Morgan fingerprint density at radius 1 is 1.19 bits per heavy atom. The average Bonchev–Trinajstić information content (AvgIpc) is 3.12. The molecule has 1 atom stereocenters. The Labute approximate surface area is 151 Å². The van der Waals surface area contributed by atoms with E-state index in [-0.39, 0.29) is 11.9 Å². The Morgan fingerprint density at radius 3 is 2.77 bits per heavy atom. The maximum atomic E-state index is 12.5. The molecule has 0 saturated carbocycles. The van der Waals surface area contributed by atoms with Gasteiger partial charge in [-0.3, -0.25) is 4.79 Å². The number of methoxy groups -OCH3 is 1. The van der Waals surface area contributed by atoms with Crippen LogP contribution in [0.5, 0.6) is 5.88 Å². The number of carbonyl (C=O) groups is 1. The summed E-state index contributed by atoms with van der Waals surface area (Å²) in [6.45, 7) is 0.655. The number of nitrogens with zero attached hydrogens (tertiary/aromatic N) is 4. The Bertz CT molecular complexity index is 905. The lowest BCUT2D eigenvalue weighted by Gasteiger charge is -2.25. The molecular formula is C19H19N5O2. The van der Waals surface area contributed by atoms with Gasteiger partial charge in [-0.2, -0.15) is 0 Å². The third kappa shape index (κ3) is 3.15. The number of aromatic nitrogens is 4. The van der Waals surface area contributed by atoms with Crippen molar-refractivity contribution in [2.75, 3.05) is 7.11 Å². The van der Waals surface area contributed by atoms with E-state index >= 15 is 0 Å². The molecule has 1 aromatic carbocycles. The van der Waals surface area contributed by atoms with Crippen LogP contribution in [0, 0.1) is 0 Å². The number of nitrogens with one attached hydrogen (secondary N) is 1. The molecule has 0 spiro atoms. The van der Waals surface area contributed by atoms with E-state index in [9.17, 15) is 4.79 Å². The van der Waals surface area contributed by atoms with E-state index in [1.165, 1.54) is 6.20 Å². The fourth-order valence-corrected chi connectivity index (χ4v) is 3.15. The van der Waals surface area contributed by atoms with Crippen LogP contribution in [0.25, 0.3) is 11.4 Å². The molecule has 0 radical (unpaired) electrons. The number of hydrogen-bond acceptors (Lipinski definition) is 5. The molecule has 0 bridgehead atoms. The normalized spacial score (nSPS) is 16.0. The second-order valence-electron chi connectivity index (χ2n) is 6.21. The van der Waals surface area contributed by atoms with E-state index in [0.717, 1.165) is 30.1 Å². The standard InChI is InChI=1S/C19H19N5O2/c1-26-17-10-7-14(11-20-17)19(25)21-15-8-9-16-22-23-18(24(16)12-15)13-5-3-2-4-6-13/h2-7,10-11,15H,8-9,12H2,1H3,(H,21,25)/t15-/m0/s1. The highest BCUT2D eigenvalue weighted by atomic mass is 16.5. The maximum absolute atomic E-state index is 12.5. The van der Waals surface area contributed by atoms with Crippen molar-refractivity contribution < 1.29 is 9.53 Å². The van der Waals surface area contributed by atoms with E-state index in [2.05, 4.69) is 25.1 Å². The summed E-state index contributed by atoms with van der Waals surface area (Å²) >= 11 is 0. The number of benzene rings is 1. The summed E-state index contributed by atoms with van der Waals surface area (Å²) < 4.78 is 7.12. The van der Waals surface area contributed by atoms with Crippen LogP contribution >= 0.6 is 0 Å². The van der Waals surface area contributed by atoms with Gasteiger partial charge in [0, 0.05) is 36.8 Å². The highest BCUT2D eigenvalue weighted by Gasteiger charge is 2.25. The Hall–Kier alpha value is -3.22. The molecule has 3 aromatic rings. The fourth-order valence-electron chi connectivity index (χ4n) is 3.15. The quantitative estimate of drug-likeness (QED) is 0.780. The first-order valence-corrected chi connectivity index (χ1v) is 8.53. The van der Waals surface area contributed by atoms with Crippen LogP contribution in [0.15, 0.2) is 48.7 Å². The topological polar surface area (TPSA) is 81.9 Å². The molecule has 0 saturated heterocycles. The summed E-state index contributed by atoms with van der Waals surface area (Å²) in [5.74, 6) is 2.15. The van der Waals surface area contributed by atoms with E-state index in [4.69, 9.17) is 4.74 Å². The SMILES string of the molecule is COc1ccc(C(=O)N[C@H]2CCc3nnc(-c4ccccc4)n3C2)cn1. The van der Waals surface area contributed by atoms with Crippen molar-refractivity contribution in [1.29, 1.82) is 0 Å². The monoisotopic (exact) mass is 349 g/mol. The van der Waals surface area contributed by atoms with Crippen molar-refractivity contribution in [1.82, 2.24) is 25.1 Å². The molecule has 0 aliphatic carbocycles. The Balaban J connectivity index is 1.49. The van der Waals surface area contributed by atoms with Crippen LogP contribution in [-0.2, 0) is 13.0 Å². The molecule has 1 amide bonds. The summed E-state index contributed by atoms with van der Waals surface area (Å²) in [4.78, 5) is 16.6. The molecule has 0 fully saturated rings. The molecule has 132 valence electrons. The number of ether oxygens (including phenoxy) is 1. The first-order chi connectivity index (χ1) is 12.7. The molecule has 2 aromatic heterocycles. The van der Waals surface area contributed by atoms with Gasteiger partial charge < -0.3 is 14.6 Å². The summed E-state index contributed by atoms with van der Waals surface area (Å²) in [5.41, 5.74) is 1.54. The second-order valence-corrected chi connectivity index (χ2v) is 6.21. The van der Waals surface area contributed by atoms with Crippen molar-refractivity contribution in [2.24, 2.45) is 0 Å². The van der Waals surface area contributed by atoms with Gasteiger partial charge in [-0.05, 0) is 12.5 Å². The summed E-state index contributed by atoms with van der Waals surface area (Å²) in [6.07, 6.45) is 3.14. The van der Waals surface area contributed by atoms with Crippen molar-refractivity contribution in [3.05, 3.63) is 60.0 Å². The van der Waals surface area contributed by atoms with Gasteiger partial charge in [0.15, 0.2) is 5.82 Å². The molecule has 0 unspecified atom stereocenters. The van der Waals surface area contributed by atoms with Gasteiger partial charge in [-0.15, -0.1) is 10.2 Å². The summed E-state index contributed by atoms with van der Waals surface area (Å²) in [5, 5.41) is 11.7. The number of fused-ring (bicyclic) bond motifs is 1. The molecule has 3 heterocycles. The lowest BCUT2D eigenvalue weighted by Crippen LogP contribution is -2.41. The number of aryl methyl sites for hydroxylation is 1. The van der Waals surface area contributed by atoms with Crippen molar-refractivity contribution in [2.45, 2.75) is 25.4 Å². The minimum Gasteiger partial charge on any atom is -0.481 e. The largest absolute Gasteiger partial charge is 0.481 e. The number of pyridine rings is 1. The van der Waals surface area contributed by atoms with Crippen LogP contribution in [0.3, 0.4) is 0 Å². The molecule has 7 heteroatoms. The zero-order chi connectivity index (χ0) is 17.9. The van der Waals surface area contributed by atoms with E-state index in [0.29, 0.717) is 18.0 Å². The van der Waals surface area contributed by atoms with Crippen LogP contribution in [0.2, 0.25) is 0 Å². The van der Waals surface area contributed by atoms with Gasteiger partial charge in [0.2, 0.25) is 5.88 Å². The van der Waals surface area contributed by atoms with Gasteiger partial charge in [-0.25, -0.2) is 4.98 Å². The first kappa shape index (κ1) is 16.3. The predicted molar refractivity (Wildman–Crippen MR) is 95.8 cm³/mol. The van der Waals surface area contributed by atoms with Gasteiger partial charge >= 0.3 is 0 Å². The van der Waals surface area contributed by atoms with E-state index < -0.39 is 0 Å². The van der Waals surface area contributed by atoms with Crippen LogP contribution < -0.4 is 10.1 Å². The molecule has 7 nitrogen and oxygen atoms in total. The van der Waals surface area contributed by atoms with Gasteiger partial charge in [-0.1, -0.05) is 30.3 Å². The molecule has 1 N–H and O–H groups in total. The van der Waals surface area contributed by atoms with E-state index in [1.807, 2.05) is 30.3 Å². The molecular weight excluding hydrogens is 330 g/mol. The summed E-state index contributed by atoms with van der Waals surface area (Å²) in [6, 6.07) is 13.4. The second kappa shape index (κ2) is 6.95. The number of rotatable bonds is 4. The Kier molecular flexibility index (Phi) is 4.35. The average molecular weight is 349 g/mol. The van der Waals surface area contributed by atoms with Crippen molar-refractivity contribution >= 4 is 5.91 Å². The lowest BCUT2D eigenvalue weighted by atomic mass is 10.1. The lowest BCUT2D eigenvalue weighted by molar-refractivity contribution is 0.0927. The highest BCUT2D eigenvalue weighted by molar-refractivity contribution is 5.94. The third-order valence-electron chi connectivity index (χ3n) is 4.52. The minimum atomic E-state index is -0.136. The van der Waals surface area contributed by atoms with Crippen LogP contribution in [-0.4, -0.2) is 38.8 Å². The number of hydrogen-bond donors (Lipinski definition) is 1. The zero-order valence-corrected chi connectivity index (χ0v) is 14.4. The number of carbonyl (C=O) groups excluding carboxylic acids is 1. The van der Waals surface area contributed by atoms with Gasteiger partial charge in [0.05, 0.1) is 12.7 Å². The maximum Gasteiger partial charge on any atom is 0.253 e. The third-order valence-corrected chi connectivity index (χ3v) is 4.52. The predicted octanol–water partition coefficient (Wildman–Crippen LogP) is 2.09.